The van der Waals surface area contributed by atoms with E-state index in [1.165, 1.54) is 0 Å². The maximum Gasteiger partial charge on any atom is 0.230 e. The zero-order valence-electron chi connectivity index (χ0n) is 14.3. The van der Waals surface area contributed by atoms with Crippen LogP contribution in [0.2, 0.25) is 0 Å². The Bertz CT molecular complexity index is 679. The highest BCUT2D eigenvalue weighted by Crippen LogP contribution is 2.12. The SMILES string of the molecule is CCc1cc(CN2CCCN(C(=O)Cc3cc(C)no3)CC2)on1. The van der Waals surface area contributed by atoms with Gasteiger partial charge in [-0.3, -0.25) is 9.69 Å². The number of nitrogens with zero attached hydrogens (tertiary/aromatic N) is 4. The van der Waals surface area contributed by atoms with Gasteiger partial charge in [-0.25, -0.2) is 0 Å². The lowest BCUT2D eigenvalue weighted by molar-refractivity contribution is -0.130. The van der Waals surface area contributed by atoms with E-state index in [0.717, 1.165) is 62.7 Å². The van der Waals surface area contributed by atoms with Crippen molar-refractivity contribution in [3.05, 3.63) is 35.0 Å². The van der Waals surface area contributed by atoms with Crippen LogP contribution in [0.3, 0.4) is 0 Å². The first-order chi connectivity index (χ1) is 11.6. The molecule has 0 bridgehead atoms. The fourth-order valence-corrected chi connectivity index (χ4v) is 2.96. The molecular formula is C17H24N4O3. The molecule has 0 N–H and O–H groups in total. The van der Waals surface area contributed by atoms with E-state index in [2.05, 4.69) is 22.1 Å². The van der Waals surface area contributed by atoms with Gasteiger partial charge in [0, 0.05) is 38.3 Å². The van der Waals surface area contributed by atoms with Gasteiger partial charge in [0.05, 0.1) is 24.4 Å². The summed E-state index contributed by atoms with van der Waals surface area (Å²) in [6.45, 7) is 7.95. The molecule has 0 atom stereocenters. The Labute approximate surface area is 141 Å². The Balaban J connectivity index is 1.51. The third-order valence-corrected chi connectivity index (χ3v) is 4.29. The van der Waals surface area contributed by atoms with Crippen LogP contribution in [0.15, 0.2) is 21.2 Å². The molecule has 0 aliphatic carbocycles. The fraction of sp³-hybridized carbons (Fsp3) is 0.588. The predicted molar refractivity (Wildman–Crippen MR) is 87.3 cm³/mol. The molecule has 0 saturated carbocycles. The summed E-state index contributed by atoms with van der Waals surface area (Å²) in [5.74, 6) is 1.62. The maximum absolute atomic E-state index is 12.4. The largest absolute Gasteiger partial charge is 0.361 e. The quantitative estimate of drug-likeness (QED) is 0.831. The molecular weight excluding hydrogens is 308 g/mol. The van der Waals surface area contributed by atoms with E-state index in [9.17, 15) is 4.79 Å². The van der Waals surface area contributed by atoms with E-state index >= 15 is 0 Å². The van der Waals surface area contributed by atoms with Crippen LogP contribution in [0, 0.1) is 6.92 Å². The summed E-state index contributed by atoms with van der Waals surface area (Å²) in [4.78, 5) is 16.7. The summed E-state index contributed by atoms with van der Waals surface area (Å²) >= 11 is 0. The number of carbonyl (C=O) groups excluding carboxylic acids is 1. The number of carbonyl (C=O) groups is 1. The van der Waals surface area contributed by atoms with Gasteiger partial charge in [-0.1, -0.05) is 17.2 Å². The van der Waals surface area contributed by atoms with Gasteiger partial charge in [-0.2, -0.15) is 0 Å². The molecule has 7 nitrogen and oxygen atoms in total. The van der Waals surface area contributed by atoms with Gasteiger partial charge in [0.1, 0.15) is 5.76 Å². The van der Waals surface area contributed by atoms with E-state index in [1.54, 1.807) is 0 Å². The van der Waals surface area contributed by atoms with Crippen LogP contribution in [-0.2, 0) is 24.2 Å². The van der Waals surface area contributed by atoms with Crippen molar-refractivity contribution < 1.29 is 13.8 Å². The predicted octanol–water partition coefficient (Wildman–Crippen LogP) is 1.81. The smallest absolute Gasteiger partial charge is 0.230 e. The van der Waals surface area contributed by atoms with Crippen molar-refractivity contribution in [2.24, 2.45) is 0 Å². The lowest BCUT2D eigenvalue weighted by atomic mass is 10.2. The molecule has 2 aromatic heterocycles. The highest BCUT2D eigenvalue weighted by atomic mass is 16.5. The van der Waals surface area contributed by atoms with Crippen LogP contribution in [0.25, 0.3) is 0 Å². The van der Waals surface area contributed by atoms with Gasteiger partial charge in [0.15, 0.2) is 5.76 Å². The molecule has 0 unspecified atom stereocenters. The average molecular weight is 332 g/mol. The van der Waals surface area contributed by atoms with Crippen LogP contribution >= 0.6 is 0 Å². The van der Waals surface area contributed by atoms with Gasteiger partial charge in [-0.05, 0) is 19.8 Å². The molecule has 1 aliphatic rings. The van der Waals surface area contributed by atoms with Gasteiger partial charge >= 0.3 is 0 Å². The van der Waals surface area contributed by atoms with Crippen LogP contribution in [0.4, 0.5) is 0 Å². The minimum Gasteiger partial charge on any atom is -0.361 e. The fourth-order valence-electron chi connectivity index (χ4n) is 2.96. The number of hydrogen-bond acceptors (Lipinski definition) is 6. The first-order valence-corrected chi connectivity index (χ1v) is 8.51. The molecule has 1 fully saturated rings. The summed E-state index contributed by atoms with van der Waals surface area (Å²) in [6, 6.07) is 3.83. The van der Waals surface area contributed by atoms with Gasteiger partial charge in [-0.15, -0.1) is 0 Å². The molecule has 0 spiro atoms. The third kappa shape index (κ3) is 4.23. The highest BCUT2D eigenvalue weighted by molar-refractivity contribution is 5.78. The number of amides is 1. The molecule has 7 heteroatoms. The molecule has 24 heavy (non-hydrogen) atoms. The van der Waals surface area contributed by atoms with Gasteiger partial charge < -0.3 is 13.9 Å². The number of aromatic nitrogens is 2. The molecule has 2 aromatic rings. The van der Waals surface area contributed by atoms with Crippen LogP contribution in [0.5, 0.6) is 0 Å². The Kier molecular flexibility index (Phi) is 5.30. The summed E-state index contributed by atoms with van der Waals surface area (Å²) in [6.07, 6.45) is 2.12. The van der Waals surface area contributed by atoms with Crippen molar-refractivity contribution in [1.82, 2.24) is 20.1 Å². The third-order valence-electron chi connectivity index (χ3n) is 4.29. The standard InChI is InChI=1S/C17H24N4O3/c1-3-14-10-16(24-19-14)12-20-5-4-6-21(8-7-20)17(22)11-15-9-13(2)18-23-15/h9-10H,3-8,11-12H2,1-2H3. The lowest BCUT2D eigenvalue weighted by Gasteiger charge is -2.21. The summed E-state index contributed by atoms with van der Waals surface area (Å²) in [7, 11) is 0. The molecule has 0 radical (unpaired) electrons. The minimum atomic E-state index is 0.0981. The van der Waals surface area contributed by atoms with Crippen molar-refractivity contribution >= 4 is 5.91 Å². The molecule has 0 aromatic carbocycles. The topological polar surface area (TPSA) is 75.6 Å². The van der Waals surface area contributed by atoms with Crippen molar-refractivity contribution in [1.29, 1.82) is 0 Å². The Morgan fingerprint density at radius 3 is 2.67 bits per heavy atom. The molecule has 3 heterocycles. The second-order valence-electron chi connectivity index (χ2n) is 6.26. The minimum absolute atomic E-state index is 0.0981. The van der Waals surface area contributed by atoms with Crippen LogP contribution in [-0.4, -0.2) is 52.2 Å². The number of rotatable bonds is 5. The van der Waals surface area contributed by atoms with Crippen LogP contribution in [0.1, 0.15) is 36.3 Å². The van der Waals surface area contributed by atoms with Crippen molar-refractivity contribution in [3.63, 3.8) is 0 Å². The van der Waals surface area contributed by atoms with Gasteiger partial charge in [0.25, 0.3) is 0 Å². The Hall–Kier alpha value is -2.15. The van der Waals surface area contributed by atoms with E-state index in [0.29, 0.717) is 5.76 Å². The average Bonchev–Trinajstić information content (AvgIpc) is 3.11. The highest BCUT2D eigenvalue weighted by Gasteiger charge is 2.21. The van der Waals surface area contributed by atoms with E-state index in [4.69, 9.17) is 9.05 Å². The molecule has 1 aliphatic heterocycles. The molecule has 1 amide bonds. The Morgan fingerprint density at radius 2 is 1.96 bits per heavy atom. The maximum atomic E-state index is 12.4. The number of hydrogen-bond donors (Lipinski definition) is 0. The zero-order valence-corrected chi connectivity index (χ0v) is 14.3. The van der Waals surface area contributed by atoms with Gasteiger partial charge in [0.2, 0.25) is 5.91 Å². The Morgan fingerprint density at radius 1 is 1.12 bits per heavy atom. The molecule has 3 rings (SSSR count). The van der Waals surface area contributed by atoms with Crippen molar-refractivity contribution in [2.75, 3.05) is 26.2 Å². The van der Waals surface area contributed by atoms with E-state index in [1.807, 2.05) is 24.0 Å². The normalized spacial score (nSPS) is 16.3. The van der Waals surface area contributed by atoms with Crippen molar-refractivity contribution in [2.45, 2.75) is 39.7 Å². The molecule has 130 valence electrons. The van der Waals surface area contributed by atoms with E-state index in [-0.39, 0.29) is 12.3 Å². The summed E-state index contributed by atoms with van der Waals surface area (Å²) in [5.41, 5.74) is 1.79. The second kappa shape index (κ2) is 7.61. The molecule has 1 saturated heterocycles. The number of aryl methyl sites for hydroxylation is 2. The zero-order chi connectivity index (χ0) is 16.9. The summed E-state index contributed by atoms with van der Waals surface area (Å²) < 4.78 is 10.5. The second-order valence-corrected chi connectivity index (χ2v) is 6.26. The first-order valence-electron chi connectivity index (χ1n) is 8.51. The monoisotopic (exact) mass is 332 g/mol. The lowest BCUT2D eigenvalue weighted by Crippen LogP contribution is -2.35. The first kappa shape index (κ1) is 16.7. The van der Waals surface area contributed by atoms with E-state index < -0.39 is 0 Å². The summed E-state index contributed by atoms with van der Waals surface area (Å²) in [5, 5.41) is 7.86. The van der Waals surface area contributed by atoms with Crippen LogP contribution < -0.4 is 0 Å². The van der Waals surface area contributed by atoms with Crippen molar-refractivity contribution in [3.8, 4) is 0 Å².